The third-order valence-corrected chi connectivity index (χ3v) is 3.08. The average Bonchev–Trinajstić information content (AvgIpc) is 2.74. The molecule has 1 aromatic heterocycles. The molecule has 1 heterocycles. The number of carbonyl (C=O) groups excluding carboxylic acids is 1. The van der Waals surface area contributed by atoms with Crippen LogP contribution >= 0.6 is 24.8 Å². The fraction of sp³-hybridized carbons (Fsp3) is 0.438. The maximum Gasteiger partial charge on any atom is 0.287 e. The van der Waals surface area contributed by atoms with E-state index in [-0.39, 0.29) is 30.7 Å². The summed E-state index contributed by atoms with van der Waals surface area (Å²) in [5.41, 5.74) is 7.08. The molecular weight excluding hydrogens is 337 g/mol. The predicted molar refractivity (Wildman–Crippen MR) is 98.7 cm³/mol. The number of fused-ring (bicyclic) bond motifs is 1. The Morgan fingerprint density at radius 2 is 1.87 bits per heavy atom. The summed E-state index contributed by atoms with van der Waals surface area (Å²) in [6, 6.07) is 7.69. The van der Waals surface area contributed by atoms with Gasteiger partial charge < -0.3 is 20.4 Å². The number of benzene rings is 1. The monoisotopic (exact) mass is 361 g/mol. The van der Waals surface area contributed by atoms with Crippen molar-refractivity contribution in [3.8, 4) is 0 Å². The number of nitrogens with one attached hydrogen (secondary N) is 1. The molecule has 130 valence electrons. The zero-order chi connectivity index (χ0) is 15.6. The minimum atomic E-state index is -0.455. The molecule has 0 bridgehead atoms. The lowest BCUT2D eigenvalue weighted by molar-refractivity contribution is 0.0918. The predicted octanol–water partition coefficient (Wildman–Crippen LogP) is 2.81. The number of rotatable bonds is 5. The topological polar surface area (TPSA) is 71.5 Å². The second-order valence-electron chi connectivity index (χ2n) is 6.31. The number of hydrogen-bond acceptors (Lipinski definition) is 4. The largest absolute Gasteiger partial charge is 0.451 e. The third-order valence-electron chi connectivity index (χ3n) is 3.08. The Labute approximate surface area is 149 Å². The van der Waals surface area contributed by atoms with Crippen LogP contribution in [0.3, 0.4) is 0 Å². The van der Waals surface area contributed by atoms with E-state index >= 15 is 0 Å². The van der Waals surface area contributed by atoms with Crippen LogP contribution in [-0.4, -0.2) is 37.0 Å². The molecule has 2 rings (SSSR count). The molecule has 0 aliphatic rings. The van der Waals surface area contributed by atoms with E-state index in [1.165, 1.54) is 0 Å². The molecule has 0 atom stereocenters. The summed E-state index contributed by atoms with van der Waals surface area (Å²) in [5, 5.41) is 3.81. The maximum absolute atomic E-state index is 12.4. The summed E-state index contributed by atoms with van der Waals surface area (Å²) in [5.74, 6) is 0.149. The zero-order valence-electron chi connectivity index (χ0n) is 13.9. The molecule has 0 saturated carbocycles. The maximum atomic E-state index is 12.4. The lowest BCUT2D eigenvalue weighted by Crippen LogP contribution is -2.45. The van der Waals surface area contributed by atoms with Crippen LogP contribution < -0.4 is 11.1 Å². The number of furan rings is 1. The molecule has 0 spiro atoms. The molecule has 1 aromatic carbocycles. The number of carbonyl (C=O) groups is 1. The Bertz CT molecular complexity index is 648. The summed E-state index contributed by atoms with van der Waals surface area (Å²) in [6.07, 6.45) is 0. The Morgan fingerprint density at radius 3 is 2.43 bits per heavy atom. The minimum Gasteiger partial charge on any atom is -0.451 e. The highest BCUT2D eigenvalue weighted by atomic mass is 35.5. The lowest BCUT2D eigenvalue weighted by Gasteiger charge is -2.18. The summed E-state index contributed by atoms with van der Waals surface area (Å²) in [6.45, 7) is 4.77. The number of para-hydroxylation sites is 1. The summed E-state index contributed by atoms with van der Waals surface area (Å²) < 4.78 is 5.75. The highest BCUT2D eigenvalue weighted by Gasteiger charge is 2.22. The van der Waals surface area contributed by atoms with Crippen LogP contribution in [0.5, 0.6) is 0 Å². The quantitative estimate of drug-likeness (QED) is 0.858. The van der Waals surface area contributed by atoms with E-state index in [1.807, 2.05) is 57.1 Å². The van der Waals surface area contributed by atoms with Gasteiger partial charge in [0, 0.05) is 29.6 Å². The second-order valence-corrected chi connectivity index (χ2v) is 6.31. The van der Waals surface area contributed by atoms with Crippen molar-refractivity contribution >= 4 is 41.7 Å². The third kappa shape index (κ3) is 5.70. The second kappa shape index (κ2) is 8.55. The molecular formula is C16H25Cl2N3O2. The first-order chi connectivity index (χ1) is 9.78. The fourth-order valence-corrected chi connectivity index (χ4v) is 2.14. The van der Waals surface area contributed by atoms with E-state index in [1.54, 1.807) is 0 Å². The number of nitrogens with two attached hydrogens (primary N) is 1. The van der Waals surface area contributed by atoms with E-state index in [0.717, 1.165) is 16.5 Å². The zero-order valence-corrected chi connectivity index (χ0v) is 15.5. The first-order valence-corrected chi connectivity index (χ1v) is 7.00. The molecule has 0 aliphatic carbocycles. The van der Waals surface area contributed by atoms with Crippen molar-refractivity contribution in [1.29, 1.82) is 0 Å². The molecule has 0 fully saturated rings. The van der Waals surface area contributed by atoms with Crippen molar-refractivity contribution in [1.82, 2.24) is 10.2 Å². The van der Waals surface area contributed by atoms with E-state index in [9.17, 15) is 4.79 Å². The smallest absolute Gasteiger partial charge is 0.287 e. The van der Waals surface area contributed by atoms with Gasteiger partial charge in [-0.1, -0.05) is 18.2 Å². The lowest BCUT2D eigenvalue weighted by atomic mass is 10.1. The number of amides is 1. The van der Waals surface area contributed by atoms with Crippen LogP contribution in [0.2, 0.25) is 0 Å². The molecule has 23 heavy (non-hydrogen) atoms. The van der Waals surface area contributed by atoms with Gasteiger partial charge in [-0.15, -0.1) is 24.8 Å². The van der Waals surface area contributed by atoms with E-state index in [2.05, 4.69) is 5.32 Å². The van der Waals surface area contributed by atoms with Crippen LogP contribution in [0.1, 0.15) is 30.0 Å². The van der Waals surface area contributed by atoms with Crippen molar-refractivity contribution < 1.29 is 9.21 Å². The van der Waals surface area contributed by atoms with Gasteiger partial charge in [-0.3, -0.25) is 4.79 Å². The normalized spacial score (nSPS) is 11.0. The molecule has 3 N–H and O–H groups in total. The van der Waals surface area contributed by atoms with Crippen molar-refractivity contribution in [2.45, 2.75) is 25.9 Å². The van der Waals surface area contributed by atoms with Crippen molar-refractivity contribution in [2.24, 2.45) is 5.73 Å². The van der Waals surface area contributed by atoms with Crippen LogP contribution in [0.4, 0.5) is 0 Å². The van der Waals surface area contributed by atoms with Crippen molar-refractivity contribution in [3.05, 3.63) is 35.6 Å². The van der Waals surface area contributed by atoms with Gasteiger partial charge in [0.25, 0.3) is 5.91 Å². The molecule has 0 saturated heterocycles. The van der Waals surface area contributed by atoms with Gasteiger partial charge in [0.1, 0.15) is 5.58 Å². The van der Waals surface area contributed by atoms with Crippen LogP contribution in [0, 0.1) is 0 Å². The molecule has 1 amide bonds. The molecule has 0 unspecified atom stereocenters. The average molecular weight is 362 g/mol. The summed E-state index contributed by atoms with van der Waals surface area (Å²) >= 11 is 0. The Balaban J connectivity index is 0.00000242. The highest BCUT2D eigenvalue weighted by molar-refractivity contribution is 5.99. The minimum absolute atomic E-state index is 0. The van der Waals surface area contributed by atoms with Gasteiger partial charge in [0.15, 0.2) is 5.76 Å². The first kappa shape index (κ1) is 21.7. The van der Waals surface area contributed by atoms with Gasteiger partial charge in [0.05, 0.1) is 0 Å². The Morgan fingerprint density at radius 1 is 1.26 bits per heavy atom. The van der Waals surface area contributed by atoms with E-state index in [4.69, 9.17) is 10.2 Å². The molecule has 5 nitrogen and oxygen atoms in total. The van der Waals surface area contributed by atoms with Crippen molar-refractivity contribution in [2.75, 3.05) is 20.6 Å². The fourth-order valence-electron chi connectivity index (χ4n) is 2.14. The number of hydrogen-bond donors (Lipinski definition) is 2. The molecule has 0 aliphatic heterocycles. The van der Waals surface area contributed by atoms with E-state index in [0.29, 0.717) is 18.8 Å². The summed E-state index contributed by atoms with van der Waals surface area (Å²) in [4.78, 5) is 14.4. The molecule has 7 heteroatoms. The van der Waals surface area contributed by atoms with Crippen LogP contribution in [-0.2, 0) is 6.54 Å². The van der Waals surface area contributed by atoms with Crippen molar-refractivity contribution in [3.63, 3.8) is 0 Å². The highest BCUT2D eigenvalue weighted by Crippen LogP contribution is 2.26. The molecule has 0 radical (unpaired) electrons. The molecule has 2 aromatic rings. The van der Waals surface area contributed by atoms with E-state index < -0.39 is 5.54 Å². The van der Waals surface area contributed by atoms with Gasteiger partial charge >= 0.3 is 0 Å². The van der Waals surface area contributed by atoms with Gasteiger partial charge in [-0.25, -0.2) is 0 Å². The van der Waals surface area contributed by atoms with Crippen LogP contribution in [0.15, 0.2) is 28.7 Å². The summed E-state index contributed by atoms with van der Waals surface area (Å²) in [7, 11) is 3.93. The van der Waals surface area contributed by atoms with Gasteiger partial charge in [-0.05, 0) is 34.0 Å². The Hall–Kier alpha value is -1.27. The Kier molecular flexibility index (Phi) is 8.07. The van der Waals surface area contributed by atoms with Gasteiger partial charge in [0.2, 0.25) is 0 Å². The standard InChI is InChI=1S/C16H23N3O2.2ClH/c1-16(2,17)10-18-15(20)14-12(9-19(3)4)11-7-5-6-8-13(11)21-14;;/h5-8H,9-10,17H2,1-4H3,(H,18,20);2*1H. The first-order valence-electron chi connectivity index (χ1n) is 7.00. The number of nitrogens with zero attached hydrogens (tertiary/aromatic N) is 1. The van der Waals surface area contributed by atoms with Gasteiger partial charge in [-0.2, -0.15) is 0 Å². The SMILES string of the molecule is CN(C)Cc1c(C(=O)NCC(C)(C)N)oc2ccccc12.Cl.Cl. The number of halogens is 2. The van der Waals surface area contributed by atoms with Crippen LogP contribution in [0.25, 0.3) is 11.0 Å².